The van der Waals surface area contributed by atoms with Gasteiger partial charge in [0.2, 0.25) is 0 Å². The lowest BCUT2D eigenvalue weighted by Gasteiger charge is -2.19. The molecule has 5 heteroatoms. The van der Waals surface area contributed by atoms with Crippen LogP contribution in [0.1, 0.15) is 32.0 Å². The highest BCUT2D eigenvalue weighted by molar-refractivity contribution is 5.63. The third-order valence-electron chi connectivity index (χ3n) is 3.87. The Morgan fingerprint density at radius 1 is 1.00 bits per heavy atom. The second-order valence-electron chi connectivity index (χ2n) is 6.53. The van der Waals surface area contributed by atoms with Gasteiger partial charge in [-0.1, -0.05) is 38.1 Å². The van der Waals surface area contributed by atoms with Crippen LogP contribution in [0.2, 0.25) is 0 Å². The van der Waals surface area contributed by atoms with Gasteiger partial charge in [0.1, 0.15) is 5.69 Å². The zero-order valence-corrected chi connectivity index (χ0v) is 13.7. The quantitative estimate of drug-likeness (QED) is 0.807. The smallest absolute Gasteiger partial charge is 0.105 e. The zero-order chi connectivity index (χ0) is 16.4. The minimum atomic E-state index is 0.122. The van der Waals surface area contributed by atoms with Crippen molar-refractivity contribution in [2.75, 3.05) is 0 Å². The van der Waals surface area contributed by atoms with Crippen molar-refractivity contribution in [2.45, 2.75) is 32.7 Å². The van der Waals surface area contributed by atoms with Crippen LogP contribution in [0.3, 0.4) is 0 Å². The maximum absolute atomic E-state index is 5.83. The van der Waals surface area contributed by atoms with E-state index in [2.05, 4.69) is 60.3 Å². The summed E-state index contributed by atoms with van der Waals surface area (Å²) < 4.78 is 1.84. The van der Waals surface area contributed by atoms with Gasteiger partial charge in [0.25, 0.3) is 0 Å². The van der Waals surface area contributed by atoms with Crippen LogP contribution in [0.4, 0.5) is 0 Å². The number of hydrogen-bond acceptors (Lipinski definition) is 4. The molecule has 2 aromatic heterocycles. The van der Waals surface area contributed by atoms with E-state index in [0.717, 1.165) is 22.6 Å². The summed E-state index contributed by atoms with van der Waals surface area (Å²) in [4.78, 5) is 4.07. The average Bonchev–Trinajstić information content (AvgIpc) is 2.99. The van der Waals surface area contributed by atoms with Gasteiger partial charge in [0.05, 0.1) is 11.4 Å². The molecule has 2 N–H and O–H groups in total. The van der Waals surface area contributed by atoms with E-state index < -0.39 is 0 Å². The van der Waals surface area contributed by atoms with E-state index in [0.29, 0.717) is 6.54 Å². The molecule has 3 aromatic rings. The van der Waals surface area contributed by atoms with Crippen LogP contribution in [0.5, 0.6) is 0 Å². The highest BCUT2D eigenvalue weighted by Gasteiger charge is 2.17. The van der Waals surface area contributed by atoms with Crippen molar-refractivity contribution in [1.29, 1.82) is 0 Å². The molecule has 0 saturated carbocycles. The van der Waals surface area contributed by atoms with Crippen molar-refractivity contribution in [3.8, 4) is 16.9 Å². The summed E-state index contributed by atoms with van der Waals surface area (Å²) in [7, 11) is 0. The van der Waals surface area contributed by atoms with Gasteiger partial charge in [-0.2, -0.15) is 0 Å². The highest BCUT2D eigenvalue weighted by Crippen LogP contribution is 2.27. The van der Waals surface area contributed by atoms with Crippen LogP contribution < -0.4 is 5.73 Å². The number of nitrogens with two attached hydrogens (primary N) is 1. The predicted molar refractivity (Wildman–Crippen MR) is 91.2 cm³/mol. The van der Waals surface area contributed by atoms with Gasteiger partial charge in [-0.15, -0.1) is 5.10 Å². The molecule has 0 amide bonds. The summed E-state index contributed by atoms with van der Waals surface area (Å²) in [5.41, 5.74) is 10.9. The fourth-order valence-corrected chi connectivity index (χ4v) is 2.53. The first-order chi connectivity index (χ1) is 11.0. The molecule has 1 aromatic carbocycles. The summed E-state index contributed by atoms with van der Waals surface area (Å²) in [6, 6.07) is 12.3. The zero-order valence-electron chi connectivity index (χ0n) is 13.7. The minimum absolute atomic E-state index is 0.122. The van der Waals surface area contributed by atoms with Gasteiger partial charge >= 0.3 is 0 Å². The molecule has 0 atom stereocenters. The lowest BCUT2D eigenvalue weighted by molar-refractivity contribution is 0.590. The van der Waals surface area contributed by atoms with E-state index in [9.17, 15) is 0 Å². The Balaban J connectivity index is 2.09. The molecule has 0 aliphatic rings. The van der Waals surface area contributed by atoms with Crippen molar-refractivity contribution < 1.29 is 0 Å². The van der Waals surface area contributed by atoms with E-state index >= 15 is 0 Å². The van der Waals surface area contributed by atoms with Crippen LogP contribution in [0, 0.1) is 0 Å². The molecule has 0 saturated heterocycles. The van der Waals surface area contributed by atoms with E-state index in [1.165, 1.54) is 5.56 Å². The van der Waals surface area contributed by atoms with Crippen LogP contribution in [-0.2, 0) is 12.0 Å². The molecule has 2 heterocycles. The number of aromatic nitrogens is 4. The number of pyridine rings is 1. The Morgan fingerprint density at radius 3 is 2.22 bits per heavy atom. The van der Waals surface area contributed by atoms with Crippen LogP contribution in [-0.4, -0.2) is 20.0 Å². The third-order valence-corrected chi connectivity index (χ3v) is 3.87. The van der Waals surface area contributed by atoms with Crippen LogP contribution in [0.15, 0.2) is 48.8 Å². The molecule has 0 fully saturated rings. The van der Waals surface area contributed by atoms with E-state index in [1.807, 2.05) is 16.8 Å². The van der Waals surface area contributed by atoms with Crippen molar-refractivity contribution in [3.63, 3.8) is 0 Å². The topological polar surface area (TPSA) is 69.6 Å². The molecule has 0 aliphatic carbocycles. The minimum Gasteiger partial charge on any atom is -0.325 e. The van der Waals surface area contributed by atoms with Gasteiger partial charge in [-0.05, 0) is 35.2 Å². The molecule has 0 radical (unpaired) electrons. The maximum atomic E-state index is 5.83. The first kappa shape index (κ1) is 15.4. The van der Waals surface area contributed by atoms with Gasteiger partial charge in [0, 0.05) is 24.5 Å². The fraction of sp³-hybridized carbons (Fsp3) is 0.278. The van der Waals surface area contributed by atoms with Gasteiger partial charge < -0.3 is 5.73 Å². The first-order valence-corrected chi connectivity index (χ1v) is 7.66. The monoisotopic (exact) mass is 307 g/mol. The summed E-state index contributed by atoms with van der Waals surface area (Å²) in [5, 5.41) is 8.52. The summed E-state index contributed by atoms with van der Waals surface area (Å²) in [6.45, 7) is 6.95. The second-order valence-corrected chi connectivity index (χ2v) is 6.53. The Hall–Kier alpha value is -2.53. The average molecular weight is 307 g/mol. The number of benzene rings is 1. The molecule has 0 spiro atoms. The largest absolute Gasteiger partial charge is 0.325 e. The molecule has 0 bridgehead atoms. The number of hydrogen-bond donors (Lipinski definition) is 1. The fourth-order valence-electron chi connectivity index (χ4n) is 2.53. The van der Waals surface area contributed by atoms with E-state index in [-0.39, 0.29) is 5.41 Å². The molecular weight excluding hydrogens is 286 g/mol. The molecule has 23 heavy (non-hydrogen) atoms. The summed E-state index contributed by atoms with van der Waals surface area (Å²) in [5.74, 6) is 0. The SMILES string of the molecule is CC(C)(C)c1ccc(-n2nnc(CN)c2-c2ccncc2)cc1. The predicted octanol–water partition coefficient (Wildman–Crippen LogP) is 3.09. The van der Waals surface area contributed by atoms with E-state index in [4.69, 9.17) is 5.73 Å². The normalized spacial score (nSPS) is 11.7. The molecule has 118 valence electrons. The Morgan fingerprint density at radius 2 is 1.65 bits per heavy atom. The second kappa shape index (κ2) is 5.93. The molecular formula is C18H21N5. The molecule has 0 unspecified atom stereocenters. The Kier molecular flexibility index (Phi) is 3.96. The summed E-state index contributed by atoms with van der Waals surface area (Å²) >= 11 is 0. The number of rotatable bonds is 3. The van der Waals surface area contributed by atoms with Crippen LogP contribution in [0.25, 0.3) is 16.9 Å². The van der Waals surface area contributed by atoms with Crippen molar-refractivity contribution in [1.82, 2.24) is 20.0 Å². The lowest BCUT2D eigenvalue weighted by Crippen LogP contribution is -2.11. The number of nitrogens with zero attached hydrogens (tertiary/aromatic N) is 4. The van der Waals surface area contributed by atoms with E-state index in [1.54, 1.807) is 12.4 Å². The van der Waals surface area contributed by atoms with Crippen molar-refractivity contribution in [2.24, 2.45) is 5.73 Å². The lowest BCUT2D eigenvalue weighted by atomic mass is 9.87. The van der Waals surface area contributed by atoms with Gasteiger partial charge in [-0.25, -0.2) is 4.68 Å². The molecule has 0 aliphatic heterocycles. The summed E-state index contributed by atoms with van der Waals surface area (Å²) in [6.07, 6.45) is 3.52. The highest BCUT2D eigenvalue weighted by atomic mass is 15.4. The van der Waals surface area contributed by atoms with Crippen molar-refractivity contribution >= 4 is 0 Å². The standard InChI is InChI=1S/C18H21N5/c1-18(2,3)14-4-6-15(7-5-14)23-17(16(12-19)21-22-23)13-8-10-20-11-9-13/h4-11H,12,19H2,1-3H3. The van der Waals surface area contributed by atoms with Gasteiger partial charge in [0.15, 0.2) is 0 Å². The molecule has 3 rings (SSSR count). The Labute approximate surface area is 136 Å². The van der Waals surface area contributed by atoms with Crippen LogP contribution >= 0.6 is 0 Å². The Bertz CT molecular complexity index is 783. The van der Waals surface area contributed by atoms with Gasteiger partial charge in [-0.3, -0.25) is 4.98 Å². The molecule has 5 nitrogen and oxygen atoms in total. The van der Waals surface area contributed by atoms with Crippen molar-refractivity contribution in [3.05, 3.63) is 60.0 Å². The maximum Gasteiger partial charge on any atom is 0.105 e. The first-order valence-electron chi connectivity index (χ1n) is 7.66. The third kappa shape index (κ3) is 3.00.